The minimum atomic E-state index is -0.308. The number of thiophene rings is 1. The Morgan fingerprint density at radius 3 is 3.00 bits per heavy atom. The van der Waals surface area contributed by atoms with Crippen molar-refractivity contribution in [2.24, 2.45) is 11.7 Å². The number of ether oxygens (including phenoxy) is 1. The highest BCUT2D eigenvalue weighted by atomic mass is 32.1. The fourth-order valence-corrected chi connectivity index (χ4v) is 4.67. The standard InChI is InChI=1S/C18H23FN2O2S/c1-11-6-7-21(12(8-11)9-20)18(22)17-13(10-23-2)16-14(19)4-3-5-15(16)24-17/h3-5,11-12H,6-10,20H2,1-2H3. The molecule has 1 fully saturated rings. The number of likely N-dealkylation sites (tertiary alicyclic amines) is 1. The first-order chi connectivity index (χ1) is 11.6. The molecule has 1 saturated heterocycles. The van der Waals surface area contributed by atoms with Crippen LogP contribution in [0.15, 0.2) is 18.2 Å². The van der Waals surface area contributed by atoms with E-state index in [1.807, 2.05) is 11.0 Å². The van der Waals surface area contributed by atoms with Crippen molar-refractivity contribution in [2.45, 2.75) is 32.4 Å². The lowest BCUT2D eigenvalue weighted by atomic mass is 9.92. The van der Waals surface area contributed by atoms with Crippen LogP contribution in [0, 0.1) is 11.7 Å². The molecule has 0 aliphatic carbocycles. The fraction of sp³-hybridized carbons (Fsp3) is 0.500. The van der Waals surface area contributed by atoms with Crippen LogP contribution in [-0.2, 0) is 11.3 Å². The van der Waals surface area contributed by atoms with Gasteiger partial charge in [0.1, 0.15) is 5.82 Å². The first-order valence-corrected chi connectivity index (χ1v) is 9.08. The second kappa shape index (κ2) is 7.17. The van der Waals surface area contributed by atoms with Gasteiger partial charge in [0.2, 0.25) is 0 Å². The van der Waals surface area contributed by atoms with Gasteiger partial charge in [0.15, 0.2) is 0 Å². The van der Waals surface area contributed by atoms with Gasteiger partial charge < -0.3 is 15.4 Å². The summed E-state index contributed by atoms with van der Waals surface area (Å²) >= 11 is 1.34. The Balaban J connectivity index is 2.03. The highest BCUT2D eigenvalue weighted by molar-refractivity contribution is 7.21. The van der Waals surface area contributed by atoms with E-state index < -0.39 is 0 Å². The maximum Gasteiger partial charge on any atom is 0.264 e. The molecule has 0 radical (unpaired) electrons. The van der Waals surface area contributed by atoms with Crippen LogP contribution >= 0.6 is 11.3 Å². The van der Waals surface area contributed by atoms with Gasteiger partial charge in [0, 0.05) is 41.9 Å². The molecule has 1 amide bonds. The molecule has 2 atom stereocenters. The van der Waals surface area contributed by atoms with Crippen LogP contribution in [0.25, 0.3) is 10.1 Å². The Morgan fingerprint density at radius 1 is 1.50 bits per heavy atom. The number of carbonyl (C=O) groups is 1. The van der Waals surface area contributed by atoms with Crippen LogP contribution in [0.4, 0.5) is 4.39 Å². The third kappa shape index (κ3) is 3.06. The summed E-state index contributed by atoms with van der Waals surface area (Å²) in [5.74, 6) is 0.211. The zero-order valence-electron chi connectivity index (χ0n) is 14.0. The maximum atomic E-state index is 14.3. The van der Waals surface area contributed by atoms with E-state index in [1.165, 1.54) is 17.4 Å². The van der Waals surface area contributed by atoms with Crippen molar-refractivity contribution < 1.29 is 13.9 Å². The Morgan fingerprint density at radius 2 is 2.29 bits per heavy atom. The number of nitrogens with zero attached hydrogens (tertiary/aromatic N) is 1. The van der Waals surface area contributed by atoms with Gasteiger partial charge >= 0.3 is 0 Å². The van der Waals surface area contributed by atoms with Crippen molar-refractivity contribution in [1.29, 1.82) is 0 Å². The Hall–Kier alpha value is -1.50. The van der Waals surface area contributed by atoms with Crippen LogP contribution in [0.1, 0.15) is 35.0 Å². The van der Waals surface area contributed by atoms with Crippen LogP contribution < -0.4 is 5.73 Å². The number of fused-ring (bicyclic) bond motifs is 1. The summed E-state index contributed by atoms with van der Waals surface area (Å²) in [5, 5.41) is 0.502. The van der Waals surface area contributed by atoms with Gasteiger partial charge in [-0.25, -0.2) is 4.39 Å². The van der Waals surface area contributed by atoms with Gasteiger partial charge in [-0.3, -0.25) is 4.79 Å². The molecule has 2 heterocycles. The summed E-state index contributed by atoms with van der Waals surface area (Å²) in [5.41, 5.74) is 6.54. The van der Waals surface area contributed by atoms with Crippen molar-refractivity contribution in [1.82, 2.24) is 4.90 Å². The van der Waals surface area contributed by atoms with Crippen LogP contribution in [-0.4, -0.2) is 37.0 Å². The lowest BCUT2D eigenvalue weighted by Gasteiger charge is -2.38. The summed E-state index contributed by atoms with van der Waals surface area (Å²) < 4.78 is 20.3. The number of piperidine rings is 1. The molecule has 4 nitrogen and oxygen atoms in total. The molecular weight excluding hydrogens is 327 g/mol. The van der Waals surface area contributed by atoms with E-state index in [2.05, 4.69) is 6.92 Å². The topological polar surface area (TPSA) is 55.6 Å². The predicted molar refractivity (Wildman–Crippen MR) is 94.8 cm³/mol. The van der Waals surface area contributed by atoms with Gasteiger partial charge in [-0.2, -0.15) is 0 Å². The summed E-state index contributed by atoms with van der Waals surface area (Å²) in [7, 11) is 1.56. The second-order valence-electron chi connectivity index (χ2n) is 6.47. The third-order valence-electron chi connectivity index (χ3n) is 4.76. The summed E-state index contributed by atoms with van der Waals surface area (Å²) in [6.07, 6.45) is 1.89. The van der Waals surface area contributed by atoms with E-state index in [0.717, 1.165) is 17.5 Å². The lowest BCUT2D eigenvalue weighted by Crippen LogP contribution is -2.49. The smallest absolute Gasteiger partial charge is 0.264 e. The molecule has 1 aromatic heterocycles. The largest absolute Gasteiger partial charge is 0.380 e. The SMILES string of the molecule is COCc1c(C(=O)N2CCC(C)CC2CN)sc2cccc(F)c12. The van der Waals surface area contributed by atoms with Crippen molar-refractivity contribution >= 4 is 27.3 Å². The van der Waals surface area contributed by atoms with E-state index in [1.54, 1.807) is 13.2 Å². The minimum absolute atomic E-state index is 0.0479. The summed E-state index contributed by atoms with van der Waals surface area (Å²) in [6.45, 7) is 3.56. The number of amides is 1. The number of nitrogens with two attached hydrogens (primary N) is 1. The van der Waals surface area contributed by atoms with Crippen molar-refractivity contribution in [3.8, 4) is 0 Å². The van der Waals surface area contributed by atoms with Gasteiger partial charge in [-0.1, -0.05) is 13.0 Å². The van der Waals surface area contributed by atoms with E-state index in [0.29, 0.717) is 34.8 Å². The first-order valence-electron chi connectivity index (χ1n) is 8.26. The van der Waals surface area contributed by atoms with E-state index in [9.17, 15) is 9.18 Å². The molecule has 6 heteroatoms. The molecule has 0 spiro atoms. The van der Waals surface area contributed by atoms with Crippen molar-refractivity contribution in [3.63, 3.8) is 0 Å². The number of rotatable bonds is 4. The van der Waals surface area contributed by atoms with E-state index >= 15 is 0 Å². The van der Waals surface area contributed by atoms with Gasteiger partial charge in [-0.05, 0) is 30.9 Å². The van der Waals surface area contributed by atoms with E-state index in [4.69, 9.17) is 10.5 Å². The fourth-order valence-electron chi connectivity index (χ4n) is 3.50. The normalized spacial score (nSPS) is 21.4. The average Bonchev–Trinajstić information content (AvgIpc) is 2.94. The molecule has 0 bridgehead atoms. The van der Waals surface area contributed by atoms with Crippen LogP contribution in [0.2, 0.25) is 0 Å². The molecule has 2 aromatic rings. The predicted octanol–water partition coefficient (Wildman–Crippen LogP) is 3.39. The summed E-state index contributed by atoms with van der Waals surface area (Å²) in [4.78, 5) is 15.6. The Kier molecular flexibility index (Phi) is 5.18. The van der Waals surface area contributed by atoms with Crippen molar-refractivity contribution in [2.75, 3.05) is 20.2 Å². The lowest BCUT2D eigenvalue weighted by molar-refractivity contribution is 0.0575. The monoisotopic (exact) mass is 350 g/mol. The molecule has 1 aromatic carbocycles. The number of hydrogen-bond acceptors (Lipinski definition) is 4. The average molecular weight is 350 g/mol. The van der Waals surface area contributed by atoms with Gasteiger partial charge in [0.25, 0.3) is 5.91 Å². The van der Waals surface area contributed by atoms with Crippen molar-refractivity contribution in [3.05, 3.63) is 34.5 Å². The molecule has 2 N–H and O–H groups in total. The summed E-state index contributed by atoms with van der Waals surface area (Å²) in [6, 6.07) is 4.99. The minimum Gasteiger partial charge on any atom is -0.380 e. The Labute approximate surface area is 145 Å². The molecular formula is C18H23FN2O2S. The number of halogens is 1. The number of methoxy groups -OCH3 is 1. The van der Waals surface area contributed by atoms with Crippen LogP contribution in [0.5, 0.6) is 0 Å². The van der Waals surface area contributed by atoms with Crippen LogP contribution in [0.3, 0.4) is 0 Å². The van der Waals surface area contributed by atoms with Gasteiger partial charge in [-0.15, -0.1) is 11.3 Å². The third-order valence-corrected chi connectivity index (χ3v) is 5.94. The van der Waals surface area contributed by atoms with E-state index in [-0.39, 0.29) is 24.4 Å². The number of benzene rings is 1. The molecule has 24 heavy (non-hydrogen) atoms. The second-order valence-corrected chi connectivity index (χ2v) is 7.53. The molecule has 1 aliphatic rings. The molecule has 2 unspecified atom stereocenters. The Bertz CT molecular complexity index is 746. The molecule has 3 rings (SSSR count). The molecule has 0 saturated carbocycles. The zero-order valence-corrected chi connectivity index (χ0v) is 14.9. The zero-order chi connectivity index (χ0) is 17.3. The number of hydrogen-bond donors (Lipinski definition) is 1. The highest BCUT2D eigenvalue weighted by Crippen LogP contribution is 2.35. The maximum absolute atomic E-state index is 14.3. The molecule has 1 aliphatic heterocycles. The van der Waals surface area contributed by atoms with Gasteiger partial charge in [0.05, 0.1) is 11.5 Å². The highest BCUT2D eigenvalue weighted by Gasteiger charge is 2.32. The molecule has 130 valence electrons. The first kappa shape index (κ1) is 17.3. The number of carbonyl (C=O) groups excluding carboxylic acids is 1. The quantitative estimate of drug-likeness (QED) is 0.920.